The van der Waals surface area contributed by atoms with E-state index >= 15 is 0 Å². The lowest BCUT2D eigenvalue weighted by atomic mass is 10.3. The molecule has 1 fully saturated rings. The number of aliphatic carboxylic acids is 1. The van der Waals surface area contributed by atoms with Crippen LogP contribution >= 0.6 is 0 Å². The summed E-state index contributed by atoms with van der Waals surface area (Å²) in [6.45, 7) is 0.581. The summed E-state index contributed by atoms with van der Waals surface area (Å²) in [4.78, 5) is 20.9. The van der Waals surface area contributed by atoms with Crippen molar-refractivity contribution >= 4 is 12.1 Å². The molecule has 0 spiro atoms. The molecule has 0 saturated carbocycles. The smallest absolute Gasteiger partial charge is 0.475 e. The van der Waals surface area contributed by atoms with E-state index in [2.05, 4.69) is 10.1 Å². The number of hydrogen-bond acceptors (Lipinski definition) is 4. The number of carboxylic acid groups (broad SMARTS) is 1. The molecule has 1 aliphatic rings. The number of rotatable bonds is 1. The van der Waals surface area contributed by atoms with Crippen molar-refractivity contribution < 1.29 is 58.9 Å². The van der Waals surface area contributed by atoms with Gasteiger partial charge in [0.05, 0.1) is 0 Å². The zero-order chi connectivity index (χ0) is 20.1. The van der Waals surface area contributed by atoms with Gasteiger partial charge < -0.3 is 20.1 Å². The topological polar surface area (TPSA) is 78.9 Å². The molecule has 6 nitrogen and oxygen atoms in total. The van der Waals surface area contributed by atoms with E-state index in [-0.39, 0.29) is 26.2 Å². The molecule has 0 aromatic carbocycles. The number of carbonyl (C=O) groups excluding carboxylic acids is 1. The molecule has 0 bridgehead atoms. The van der Waals surface area contributed by atoms with Gasteiger partial charge in [0.2, 0.25) is 0 Å². The number of halogens is 9. The summed E-state index contributed by atoms with van der Waals surface area (Å²) in [5.41, 5.74) is 0. The Kier molecular flexibility index (Phi) is 7.79. The highest BCUT2D eigenvalue weighted by molar-refractivity contribution is 5.73. The third kappa shape index (κ3) is 8.64. The number of carboxylic acids is 1. The van der Waals surface area contributed by atoms with Gasteiger partial charge in [-0.1, -0.05) is 0 Å². The van der Waals surface area contributed by atoms with E-state index in [1.807, 2.05) is 0 Å². The van der Waals surface area contributed by atoms with Crippen molar-refractivity contribution in [3.8, 4) is 0 Å². The molecule has 1 amide bonds. The molecule has 0 atom stereocenters. The average Bonchev–Trinajstić information content (AvgIpc) is 2.42. The number of ether oxygens (including phenoxy) is 1. The van der Waals surface area contributed by atoms with Crippen LogP contribution in [0.15, 0.2) is 0 Å². The van der Waals surface area contributed by atoms with Crippen molar-refractivity contribution in [3.63, 3.8) is 0 Å². The van der Waals surface area contributed by atoms with Gasteiger partial charge in [-0.05, 0) is 0 Å². The Morgan fingerprint density at radius 1 is 0.920 bits per heavy atom. The number of hydrogen-bond donors (Lipinski definition) is 2. The fourth-order valence-electron chi connectivity index (χ4n) is 1.34. The molecule has 1 saturated heterocycles. The molecule has 148 valence electrons. The van der Waals surface area contributed by atoms with Crippen molar-refractivity contribution in [3.05, 3.63) is 0 Å². The number of nitrogens with one attached hydrogen (secondary N) is 1. The molecule has 0 aromatic rings. The van der Waals surface area contributed by atoms with Crippen LogP contribution < -0.4 is 5.32 Å². The van der Waals surface area contributed by atoms with Crippen LogP contribution in [0.1, 0.15) is 0 Å². The Labute approximate surface area is 133 Å². The van der Waals surface area contributed by atoms with Crippen LogP contribution in [0, 0.1) is 0 Å². The van der Waals surface area contributed by atoms with Crippen molar-refractivity contribution in [2.75, 3.05) is 26.2 Å². The Bertz CT molecular complexity index is 441. The van der Waals surface area contributed by atoms with Crippen LogP contribution in [-0.2, 0) is 9.53 Å². The largest absolute Gasteiger partial charge is 0.490 e. The Morgan fingerprint density at radius 3 is 1.56 bits per heavy atom. The summed E-state index contributed by atoms with van der Waals surface area (Å²) in [6.07, 6.45) is -22.1. The highest BCUT2D eigenvalue weighted by Crippen LogP contribution is 2.36. The zero-order valence-electron chi connectivity index (χ0n) is 11.9. The van der Waals surface area contributed by atoms with Crippen LogP contribution in [0.5, 0.6) is 0 Å². The highest BCUT2D eigenvalue weighted by Gasteiger charge is 2.60. The number of alkyl halides is 9. The van der Waals surface area contributed by atoms with E-state index < -0.39 is 36.7 Å². The SMILES string of the molecule is O=C(O)C(F)(F)F.O=C(OC(C(F)(F)F)C(F)(F)F)N1CCNCC1. The first-order valence-corrected chi connectivity index (χ1v) is 6.16. The number of carbonyl (C=O) groups is 2. The zero-order valence-corrected chi connectivity index (χ0v) is 11.9. The van der Waals surface area contributed by atoms with Gasteiger partial charge in [-0.3, -0.25) is 0 Å². The van der Waals surface area contributed by atoms with Crippen LogP contribution in [0.4, 0.5) is 44.3 Å². The molecule has 0 aliphatic carbocycles. The molecule has 0 unspecified atom stereocenters. The maximum atomic E-state index is 12.1. The van der Waals surface area contributed by atoms with Crippen LogP contribution in [0.25, 0.3) is 0 Å². The lowest BCUT2D eigenvalue weighted by Crippen LogP contribution is -2.51. The molecule has 15 heteroatoms. The summed E-state index contributed by atoms with van der Waals surface area (Å²) in [5.74, 6) is -2.76. The van der Waals surface area contributed by atoms with Gasteiger partial charge in [-0.15, -0.1) is 0 Å². The summed E-state index contributed by atoms with van der Waals surface area (Å²) in [5, 5.41) is 9.91. The van der Waals surface area contributed by atoms with E-state index in [0.29, 0.717) is 0 Å². The molecule has 1 rings (SSSR count). The molecule has 1 aliphatic heterocycles. The molecule has 25 heavy (non-hydrogen) atoms. The van der Waals surface area contributed by atoms with E-state index in [0.717, 1.165) is 4.90 Å². The number of amides is 1. The molecular weight excluding hydrogens is 383 g/mol. The standard InChI is InChI=1S/C8H10F6N2O2.C2HF3O2/c9-7(10,11)5(8(12,13)14)18-6(17)16-3-1-15-2-4-16;3-2(4,5)1(6)7/h5,15H,1-4H2;(H,6,7). The van der Waals surface area contributed by atoms with E-state index in [4.69, 9.17) is 9.90 Å². The van der Waals surface area contributed by atoms with Crippen molar-refractivity contribution in [1.29, 1.82) is 0 Å². The fourth-order valence-corrected chi connectivity index (χ4v) is 1.34. The number of piperazine rings is 1. The van der Waals surface area contributed by atoms with Crippen molar-refractivity contribution in [1.82, 2.24) is 10.2 Å². The predicted octanol–water partition coefficient (Wildman–Crippen LogP) is 2.15. The Morgan fingerprint density at radius 2 is 1.28 bits per heavy atom. The summed E-state index contributed by atoms with van der Waals surface area (Å²) < 4.78 is 108. The monoisotopic (exact) mass is 394 g/mol. The van der Waals surface area contributed by atoms with Crippen LogP contribution in [0.3, 0.4) is 0 Å². The first kappa shape index (κ1) is 23.1. The summed E-state index contributed by atoms with van der Waals surface area (Å²) in [6, 6.07) is 0. The van der Waals surface area contributed by atoms with Gasteiger partial charge in [0.15, 0.2) is 0 Å². The third-order valence-electron chi connectivity index (χ3n) is 2.43. The molecule has 0 aromatic heterocycles. The highest BCUT2D eigenvalue weighted by atomic mass is 19.4. The normalized spacial score (nSPS) is 16.2. The second-order valence-electron chi connectivity index (χ2n) is 4.39. The minimum Gasteiger partial charge on any atom is -0.475 e. The quantitative estimate of drug-likeness (QED) is 0.667. The molecule has 0 radical (unpaired) electrons. The van der Waals surface area contributed by atoms with Crippen LogP contribution in [0.2, 0.25) is 0 Å². The lowest BCUT2D eigenvalue weighted by Gasteiger charge is -2.30. The maximum absolute atomic E-state index is 12.1. The molecule has 1 heterocycles. The van der Waals surface area contributed by atoms with Gasteiger partial charge in [0.1, 0.15) is 0 Å². The third-order valence-corrected chi connectivity index (χ3v) is 2.43. The minimum atomic E-state index is -5.68. The average molecular weight is 394 g/mol. The van der Waals surface area contributed by atoms with Crippen molar-refractivity contribution in [2.45, 2.75) is 24.6 Å². The van der Waals surface area contributed by atoms with Gasteiger partial charge in [-0.2, -0.15) is 39.5 Å². The van der Waals surface area contributed by atoms with Gasteiger partial charge in [0, 0.05) is 26.2 Å². The maximum Gasteiger partial charge on any atom is 0.490 e. The first-order valence-electron chi connectivity index (χ1n) is 6.16. The van der Waals surface area contributed by atoms with Gasteiger partial charge in [0.25, 0.3) is 6.10 Å². The van der Waals surface area contributed by atoms with E-state index in [9.17, 15) is 44.3 Å². The van der Waals surface area contributed by atoms with Crippen LogP contribution in [-0.4, -0.2) is 72.9 Å². The summed E-state index contributed by atoms with van der Waals surface area (Å²) >= 11 is 0. The molecular formula is C10H11F9N2O4. The number of nitrogens with zero attached hydrogens (tertiary/aromatic N) is 1. The van der Waals surface area contributed by atoms with E-state index in [1.165, 1.54) is 0 Å². The van der Waals surface area contributed by atoms with Crippen molar-refractivity contribution in [2.24, 2.45) is 0 Å². The second kappa shape index (κ2) is 8.44. The first-order chi connectivity index (χ1) is 11.1. The van der Waals surface area contributed by atoms with E-state index in [1.54, 1.807) is 0 Å². The van der Waals surface area contributed by atoms with Gasteiger partial charge >= 0.3 is 30.6 Å². The minimum absolute atomic E-state index is 0.00126. The summed E-state index contributed by atoms with van der Waals surface area (Å²) in [7, 11) is 0. The predicted molar refractivity (Wildman–Crippen MR) is 60.5 cm³/mol. The molecule has 2 N–H and O–H groups in total. The lowest BCUT2D eigenvalue weighted by molar-refractivity contribution is -0.308. The second-order valence-corrected chi connectivity index (χ2v) is 4.39. The Hall–Kier alpha value is -1.93. The Balaban J connectivity index is 0.000000697. The van der Waals surface area contributed by atoms with Gasteiger partial charge in [-0.25, -0.2) is 9.59 Å². The fraction of sp³-hybridized carbons (Fsp3) is 0.800.